The van der Waals surface area contributed by atoms with Crippen molar-refractivity contribution in [3.05, 3.63) is 47.4 Å². The van der Waals surface area contributed by atoms with E-state index in [-0.39, 0.29) is 18.1 Å². The van der Waals surface area contributed by atoms with Crippen LogP contribution in [0.3, 0.4) is 0 Å². The van der Waals surface area contributed by atoms with E-state index in [1.807, 2.05) is 16.3 Å². The molecule has 0 unspecified atom stereocenters. The summed E-state index contributed by atoms with van der Waals surface area (Å²) in [6.07, 6.45) is 6.36. The van der Waals surface area contributed by atoms with Crippen LogP contribution in [0.2, 0.25) is 0 Å². The minimum Gasteiger partial charge on any atom is -0.381 e. The molecule has 1 amide bonds. The van der Waals surface area contributed by atoms with Gasteiger partial charge in [0.05, 0.1) is 17.7 Å². The largest absolute Gasteiger partial charge is 0.381 e. The summed E-state index contributed by atoms with van der Waals surface area (Å²) < 4.78 is 20.7. The molecule has 1 fully saturated rings. The highest BCUT2D eigenvalue weighted by molar-refractivity contribution is 7.13. The van der Waals surface area contributed by atoms with Crippen molar-refractivity contribution in [2.45, 2.75) is 45.6 Å². The number of nitrogens with one attached hydrogen (secondary N) is 1. The number of carbonyl (C=O) groups is 1. The predicted octanol–water partition coefficient (Wildman–Crippen LogP) is 4.70. The van der Waals surface area contributed by atoms with Gasteiger partial charge in [-0.15, -0.1) is 11.3 Å². The smallest absolute Gasteiger partial charge is 0.226 e. The number of aryl methyl sites for hydroxylation is 1. The molecule has 0 aliphatic carbocycles. The highest BCUT2D eigenvalue weighted by Crippen LogP contribution is 2.33. The predicted molar refractivity (Wildman–Crippen MR) is 124 cm³/mol. The van der Waals surface area contributed by atoms with E-state index in [9.17, 15) is 9.18 Å². The van der Waals surface area contributed by atoms with Crippen molar-refractivity contribution in [1.29, 1.82) is 0 Å². The topological polar surface area (TPSA) is 69.0 Å². The van der Waals surface area contributed by atoms with Crippen molar-refractivity contribution in [2.75, 3.05) is 19.8 Å². The van der Waals surface area contributed by atoms with Gasteiger partial charge < -0.3 is 10.1 Å². The number of hydrogen-bond donors (Lipinski definition) is 1. The van der Waals surface area contributed by atoms with Gasteiger partial charge in [0, 0.05) is 43.4 Å². The van der Waals surface area contributed by atoms with Gasteiger partial charge in [0.1, 0.15) is 16.5 Å². The molecule has 0 radical (unpaired) electrons. The van der Waals surface area contributed by atoms with Crippen molar-refractivity contribution < 1.29 is 13.9 Å². The van der Waals surface area contributed by atoms with E-state index >= 15 is 0 Å². The Kier molecular flexibility index (Phi) is 7.65. The first-order valence-electron chi connectivity index (χ1n) is 11.2. The molecule has 32 heavy (non-hydrogen) atoms. The third-order valence-corrected chi connectivity index (χ3v) is 6.60. The molecule has 4 rings (SSSR count). The Balaban J connectivity index is 1.47. The summed E-state index contributed by atoms with van der Waals surface area (Å²) in [5.74, 6) is 0.209. The third kappa shape index (κ3) is 5.81. The molecule has 1 N–H and O–H groups in total. The summed E-state index contributed by atoms with van der Waals surface area (Å²) >= 11 is 1.50. The molecular formula is C24H29FN4O2S. The number of thiazole rings is 1. The molecule has 0 atom stereocenters. The van der Waals surface area contributed by atoms with Crippen LogP contribution in [0.15, 0.2) is 35.8 Å². The highest BCUT2D eigenvalue weighted by atomic mass is 32.1. The second-order valence-electron chi connectivity index (χ2n) is 8.20. The Labute approximate surface area is 191 Å². The van der Waals surface area contributed by atoms with Gasteiger partial charge in [-0.3, -0.25) is 9.48 Å². The first kappa shape index (κ1) is 22.6. The number of benzene rings is 1. The Bertz CT molecular complexity index is 1030. The lowest BCUT2D eigenvalue weighted by molar-refractivity contribution is -0.120. The van der Waals surface area contributed by atoms with Crippen LogP contribution >= 0.6 is 11.3 Å². The first-order valence-corrected chi connectivity index (χ1v) is 12.1. The van der Waals surface area contributed by atoms with Crippen molar-refractivity contribution in [3.8, 4) is 21.8 Å². The maximum Gasteiger partial charge on any atom is 0.226 e. The number of unbranched alkanes of at least 4 members (excludes halogenated alkanes) is 1. The van der Waals surface area contributed by atoms with Crippen LogP contribution in [0.4, 0.5) is 4.39 Å². The van der Waals surface area contributed by atoms with E-state index in [1.54, 1.807) is 12.1 Å². The van der Waals surface area contributed by atoms with Crippen molar-refractivity contribution >= 4 is 17.2 Å². The summed E-state index contributed by atoms with van der Waals surface area (Å²) in [4.78, 5) is 17.1. The van der Waals surface area contributed by atoms with Crippen LogP contribution in [0, 0.1) is 11.7 Å². The van der Waals surface area contributed by atoms with Crippen LogP contribution in [0.1, 0.15) is 38.3 Å². The molecule has 3 aromatic rings. The summed E-state index contributed by atoms with van der Waals surface area (Å²) in [5.41, 5.74) is 3.29. The number of ether oxygens (including phenoxy) is 1. The first-order chi connectivity index (χ1) is 15.6. The fourth-order valence-corrected chi connectivity index (χ4v) is 4.61. The molecule has 8 heteroatoms. The van der Waals surface area contributed by atoms with Crippen molar-refractivity contribution in [1.82, 2.24) is 20.1 Å². The van der Waals surface area contributed by atoms with Crippen LogP contribution in [-0.2, 0) is 22.5 Å². The van der Waals surface area contributed by atoms with Gasteiger partial charge in [-0.2, -0.15) is 5.10 Å². The minimum atomic E-state index is -0.274. The van der Waals surface area contributed by atoms with E-state index in [2.05, 4.69) is 12.2 Å². The molecule has 2 aromatic heterocycles. The van der Waals surface area contributed by atoms with Gasteiger partial charge in [0.15, 0.2) is 0 Å². The van der Waals surface area contributed by atoms with E-state index in [0.29, 0.717) is 12.5 Å². The molecule has 1 aliphatic heterocycles. The van der Waals surface area contributed by atoms with Gasteiger partial charge in [-0.1, -0.05) is 13.3 Å². The van der Waals surface area contributed by atoms with Gasteiger partial charge in [0.25, 0.3) is 0 Å². The summed E-state index contributed by atoms with van der Waals surface area (Å²) in [6, 6.07) is 6.37. The monoisotopic (exact) mass is 456 g/mol. The van der Waals surface area contributed by atoms with E-state index in [1.165, 1.54) is 23.5 Å². The number of carbonyl (C=O) groups excluding carboxylic acids is 1. The molecule has 0 bridgehead atoms. The quantitative estimate of drug-likeness (QED) is 0.507. The normalized spacial score (nSPS) is 14.6. The van der Waals surface area contributed by atoms with Crippen LogP contribution < -0.4 is 5.32 Å². The molecule has 0 saturated carbocycles. The Morgan fingerprint density at radius 2 is 2.06 bits per heavy atom. The zero-order valence-corrected chi connectivity index (χ0v) is 19.2. The molecule has 0 spiro atoms. The average molecular weight is 457 g/mol. The third-order valence-electron chi connectivity index (χ3n) is 5.67. The Morgan fingerprint density at radius 3 is 2.81 bits per heavy atom. The second kappa shape index (κ2) is 10.8. The van der Waals surface area contributed by atoms with E-state index in [4.69, 9.17) is 14.8 Å². The zero-order valence-electron chi connectivity index (χ0n) is 18.3. The zero-order chi connectivity index (χ0) is 22.3. The number of amides is 1. The average Bonchev–Trinajstić information content (AvgIpc) is 3.44. The van der Waals surface area contributed by atoms with E-state index in [0.717, 1.165) is 73.0 Å². The number of hydrogen-bond acceptors (Lipinski definition) is 5. The van der Waals surface area contributed by atoms with E-state index < -0.39 is 0 Å². The standard InChI is InChI=1S/C24H29FN4O2S/c1-2-3-10-29-15-21(23(28-29)18-4-6-19(25)7-5-18)24-27-20(16-32-24)13-22(30)26-14-17-8-11-31-12-9-17/h4-7,15-17H,2-3,8-14H2,1H3,(H,26,30). The van der Waals surface area contributed by atoms with Crippen LogP contribution in [0.25, 0.3) is 21.8 Å². The van der Waals surface area contributed by atoms with Crippen LogP contribution in [0.5, 0.6) is 0 Å². The highest BCUT2D eigenvalue weighted by Gasteiger charge is 2.18. The molecule has 1 aromatic carbocycles. The summed E-state index contributed by atoms with van der Waals surface area (Å²) in [6.45, 7) is 5.21. The van der Waals surface area contributed by atoms with Gasteiger partial charge in [-0.05, 0) is 49.4 Å². The molecule has 1 aliphatic rings. The second-order valence-corrected chi connectivity index (χ2v) is 9.05. The molecule has 1 saturated heterocycles. The summed E-state index contributed by atoms with van der Waals surface area (Å²) in [5, 5.41) is 10.5. The molecular weight excluding hydrogens is 427 g/mol. The fraction of sp³-hybridized carbons (Fsp3) is 0.458. The SMILES string of the molecule is CCCCn1cc(-c2nc(CC(=O)NCC3CCOCC3)cs2)c(-c2ccc(F)cc2)n1. The van der Waals surface area contributed by atoms with Gasteiger partial charge in [0.2, 0.25) is 5.91 Å². The minimum absolute atomic E-state index is 0.00857. The van der Waals surface area contributed by atoms with Crippen molar-refractivity contribution in [3.63, 3.8) is 0 Å². The lowest BCUT2D eigenvalue weighted by atomic mass is 10.0. The van der Waals surface area contributed by atoms with Gasteiger partial charge in [-0.25, -0.2) is 9.37 Å². The number of rotatable bonds is 9. The van der Waals surface area contributed by atoms with Crippen molar-refractivity contribution in [2.24, 2.45) is 5.92 Å². The van der Waals surface area contributed by atoms with Crippen LogP contribution in [-0.4, -0.2) is 40.4 Å². The Hall–Kier alpha value is -2.58. The maximum atomic E-state index is 13.4. The lowest BCUT2D eigenvalue weighted by Gasteiger charge is -2.22. The maximum absolute atomic E-state index is 13.4. The summed E-state index contributed by atoms with van der Waals surface area (Å²) in [7, 11) is 0. The molecule has 3 heterocycles. The number of nitrogens with zero attached hydrogens (tertiary/aromatic N) is 3. The van der Waals surface area contributed by atoms with Gasteiger partial charge >= 0.3 is 0 Å². The molecule has 6 nitrogen and oxygen atoms in total. The molecule has 170 valence electrons. The fourth-order valence-electron chi connectivity index (χ4n) is 3.78. The number of halogens is 1. The lowest BCUT2D eigenvalue weighted by Crippen LogP contribution is -2.33. The Morgan fingerprint density at radius 1 is 1.28 bits per heavy atom. The number of aromatic nitrogens is 3.